The van der Waals surface area contributed by atoms with E-state index in [2.05, 4.69) is 5.16 Å². The second-order valence-electron chi connectivity index (χ2n) is 2.61. The molecular formula is C9H11NO2. The van der Waals surface area contributed by atoms with E-state index in [1.165, 1.54) is 6.21 Å². The molecule has 0 saturated carbocycles. The molecule has 0 unspecified atom stereocenters. The lowest BCUT2D eigenvalue weighted by Crippen LogP contribution is -1.89. The fourth-order valence-electron chi connectivity index (χ4n) is 1.02. The third-order valence-electron chi connectivity index (χ3n) is 1.73. The van der Waals surface area contributed by atoms with Crippen molar-refractivity contribution in [2.75, 3.05) is 0 Å². The number of rotatable bonds is 2. The summed E-state index contributed by atoms with van der Waals surface area (Å²) in [6, 6.07) is 5.13. The maximum Gasteiger partial charge on any atom is 0.115 e. The topological polar surface area (TPSA) is 52.8 Å². The Morgan fingerprint density at radius 2 is 2.25 bits per heavy atom. The third kappa shape index (κ3) is 1.99. The minimum absolute atomic E-state index is 0.238. The molecule has 0 radical (unpaired) electrons. The number of aryl methyl sites for hydroxylation is 1. The molecule has 12 heavy (non-hydrogen) atoms. The summed E-state index contributed by atoms with van der Waals surface area (Å²) in [7, 11) is 0. The van der Waals surface area contributed by atoms with Crippen LogP contribution in [0, 0.1) is 6.92 Å². The Bertz CT molecular complexity index is 295. The van der Waals surface area contributed by atoms with Crippen LogP contribution in [0.2, 0.25) is 0 Å². The van der Waals surface area contributed by atoms with Crippen LogP contribution in [0.25, 0.3) is 0 Å². The highest BCUT2D eigenvalue weighted by Gasteiger charge is 1.97. The van der Waals surface area contributed by atoms with E-state index < -0.39 is 0 Å². The van der Waals surface area contributed by atoms with Crippen LogP contribution in [0.3, 0.4) is 0 Å². The Balaban J connectivity index is 2.89. The third-order valence-corrected chi connectivity index (χ3v) is 1.73. The molecule has 0 bridgehead atoms. The van der Waals surface area contributed by atoms with Crippen LogP contribution in [0.4, 0.5) is 0 Å². The molecule has 3 nitrogen and oxygen atoms in total. The summed E-state index contributed by atoms with van der Waals surface area (Å²) >= 11 is 0. The van der Waals surface area contributed by atoms with Gasteiger partial charge in [0.05, 0.1) is 0 Å². The van der Waals surface area contributed by atoms with Gasteiger partial charge in [-0.3, -0.25) is 0 Å². The van der Waals surface area contributed by atoms with Gasteiger partial charge in [0.25, 0.3) is 0 Å². The molecule has 0 fully saturated rings. The van der Waals surface area contributed by atoms with Crippen LogP contribution in [-0.2, 0) is 6.42 Å². The first-order chi connectivity index (χ1) is 5.74. The van der Waals surface area contributed by atoms with Crippen molar-refractivity contribution in [2.45, 2.75) is 13.3 Å². The van der Waals surface area contributed by atoms with Crippen molar-refractivity contribution >= 4 is 6.21 Å². The first-order valence-corrected chi connectivity index (χ1v) is 3.68. The van der Waals surface area contributed by atoms with Crippen LogP contribution < -0.4 is 0 Å². The van der Waals surface area contributed by atoms with Gasteiger partial charge in [-0.2, -0.15) is 0 Å². The maximum absolute atomic E-state index is 9.13. The van der Waals surface area contributed by atoms with Gasteiger partial charge in [0.1, 0.15) is 5.75 Å². The number of nitrogens with zero attached hydrogens (tertiary/aromatic N) is 1. The van der Waals surface area contributed by atoms with Gasteiger partial charge in [0, 0.05) is 12.6 Å². The van der Waals surface area contributed by atoms with Crippen LogP contribution in [0.1, 0.15) is 11.1 Å². The highest BCUT2D eigenvalue weighted by atomic mass is 16.4. The van der Waals surface area contributed by atoms with E-state index >= 15 is 0 Å². The molecule has 1 aromatic rings. The largest absolute Gasteiger partial charge is 0.508 e. The predicted octanol–water partition coefficient (Wildman–Crippen LogP) is 1.70. The fourth-order valence-corrected chi connectivity index (χ4v) is 1.02. The standard InChI is InChI=1S/C9H11NO2/c1-7-2-3-9(11)6-8(7)4-5-10-12/h2-3,5-6,11-12H,4H2,1H3. The normalized spacial score (nSPS) is 10.8. The molecule has 3 heteroatoms. The zero-order chi connectivity index (χ0) is 8.97. The van der Waals surface area contributed by atoms with Crippen molar-refractivity contribution in [3.8, 4) is 5.75 Å². The smallest absolute Gasteiger partial charge is 0.115 e. The van der Waals surface area contributed by atoms with Crippen LogP contribution in [-0.4, -0.2) is 16.5 Å². The van der Waals surface area contributed by atoms with Crippen molar-refractivity contribution in [1.29, 1.82) is 0 Å². The zero-order valence-corrected chi connectivity index (χ0v) is 6.86. The van der Waals surface area contributed by atoms with Crippen molar-refractivity contribution in [3.63, 3.8) is 0 Å². The van der Waals surface area contributed by atoms with Gasteiger partial charge < -0.3 is 10.3 Å². The number of hydrogen-bond donors (Lipinski definition) is 2. The average molecular weight is 165 g/mol. The summed E-state index contributed by atoms with van der Waals surface area (Å²) in [6.45, 7) is 1.94. The number of phenols is 1. The summed E-state index contributed by atoms with van der Waals surface area (Å²) in [6.07, 6.45) is 1.93. The molecule has 0 aliphatic heterocycles. The molecule has 0 saturated heterocycles. The lowest BCUT2D eigenvalue weighted by molar-refractivity contribution is 0.320. The van der Waals surface area contributed by atoms with E-state index in [0.29, 0.717) is 6.42 Å². The van der Waals surface area contributed by atoms with Crippen LogP contribution in [0.15, 0.2) is 23.4 Å². The summed E-state index contributed by atoms with van der Waals surface area (Å²) in [5, 5.41) is 20.2. The van der Waals surface area contributed by atoms with Gasteiger partial charge in [-0.1, -0.05) is 6.07 Å². The molecule has 64 valence electrons. The fraction of sp³-hybridized carbons (Fsp3) is 0.222. The SMILES string of the molecule is Cc1ccc(O)cc1CC=NO. The first kappa shape index (κ1) is 8.59. The van der Waals surface area contributed by atoms with E-state index in [9.17, 15) is 0 Å². The van der Waals surface area contributed by atoms with Crippen molar-refractivity contribution < 1.29 is 10.3 Å². The van der Waals surface area contributed by atoms with E-state index in [1.807, 2.05) is 13.0 Å². The van der Waals surface area contributed by atoms with Crippen LogP contribution >= 0.6 is 0 Å². The van der Waals surface area contributed by atoms with Gasteiger partial charge in [0.15, 0.2) is 0 Å². The van der Waals surface area contributed by atoms with E-state index in [4.69, 9.17) is 10.3 Å². The first-order valence-electron chi connectivity index (χ1n) is 3.68. The number of benzene rings is 1. The van der Waals surface area contributed by atoms with Crippen molar-refractivity contribution in [3.05, 3.63) is 29.3 Å². The lowest BCUT2D eigenvalue weighted by atomic mass is 10.1. The lowest BCUT2D eigenvalue weighted by Gasteiger charge is -2.01. The summed E-state index contributed by atoms with van der Waals surface area (Å²) < 4.78 is 0. The zero-order valence-electron chi connectivity index (χ0n) is 6.86. The quantitative estimate of drug-likeness (QED) is 0.398. The molecule has 2 N–H and O–H groups in total. The monoisotopic (exact) mass is 165 g/mol. The second-order valence-corrected chi connectivity index (χ2v) is 2.61. The molecule has 0 heterocycles. The molecule has 1 rings (SSSR count). The van der Waals surface area contributed by atoms with Crippen molar-refractivity contribution in [1.82, 2.24) is 0 Å². The molecule has 0 atom stereocenters. The summed E-state index contributed by atoms with van der Waals surface area (Å²) in [5.41, 5.74) is 2.04. The van der Waals surface area contributed by atoms with Crippen LogP contribution in [0.5, 0.6) is 5.75 Å². The van der Waals surface area contributed by atoms with Gasteiger partial charge >= 0.3 is 0 Å². The Kier molecular flexibility index (Phi) is 2.69. The summed E-state index contributed by atoms with van der Waals surface area (Å²) in [4.78, 5) is 0. The Hall–Kier alpha value is -1.51. The Labute approximate surface area is 71.0 Å². The van der Waals surface area contributed by atoms with E-state index in [1.54, 1.807) is 12.1 Å². The Morgan fingerprint density at radius 1 is 1.50 bits per heavy atom. The minimum Gasteiger partial charge on any atom is -0.508 e. The molecular weight excluding hydrogens is 154 g/mol. The molecule has 0 aliphatic rings. The van der Waals surface area contributed by atoms with E-state index in [0.717, 1.165) is 11.1 Å². The van der Waals surface area contributed by atoms with Gasteiger partial charge in [-0.25, -0.2) is 0 Å². The molecule has 1 aromatic carbocycles. The number of hydrogen-bond acceptors (Lipinski definition) is 3. The van der Waals surface area contributed by atoms with Gasteiger partial charge in [-0.15, -0.1) is 5.16 Å². The number of phenolic OH excluding ortho intramolecular Hbond substituents is 1. The Morgan fingerprint density at radius 3 is 2.92 bits per heavy atom. The van der Waals surface area contributed by atoms with Gasteiger partial charge in [-0.05, 0) is 30.2 Å². The number of aromatic hydroxyl groups is 1. The molecule has 0 aliphatic carbocycles. The second kappa shape index (κ2) is 3.76. The van der Waals surface area contributed by atoms with E-state index in [-0.39, 0.29) is 5.75 Å². The van der Waals surface area contributed by atoms with Gasteiger partial charge in [0.2, 0.25) is 0 Å². The maximum atomic E-state index is 9.13. The number of oxime groups is 1. The highest BCUT2D eigenvalue weighted by molar-refractivity contribution is 5.61. The minimum atomic E-state index is 0.238. The molecule has 0 aromatic heterocycles. The highest BCUT2D eigenvalue weighted by Crippen LogP contribution is 2.15. The predicted molar refractivity (Wildman–Crippen MR) is 46.8 cm³/mol. The summed E-state index contributed by atoms with van der Waals surface area (Å²) in [5.74, 6) is 0.238. The molecule has 0 spiro atoms. The average Bonchev–Trinajstić information content (AvgIpc) is 2.07. The van der Waals surface area contributed by atoms with Crippen molar-refractivity contribution in [2.24, 2.45) is 5.16 Å². The molecule has 0 amide bonds.